The average molecular weight is 273 g/mol. The fourth-order valence-corrected chi connectivity index (χ4v) is 2.71. The van der Waals surface area contributed by atoms with Gasteiger partial charge in [-0.25, -0.2) is 0 Å². The number of nitrogens with one attached hydrogen (secondary N) is 1. The van der Waals surface area contributed by atoms with Crippen LogP contribution in [0.5, 0.6) is 0 Å². The van der Waals surface area contributed by atoms with Crippen molar-refractivity contribution in [2.24, 2.45) is 5.92 Å². The Morgan fingerprint density at radius 1 is 1.11 bits per heavy atom. The molecule has 0 amide bonds. The molecular weight excluding hydrogens is 242 g/mol. The maximum Gasteiger partial charge on any atom is 0.0807 e. The first-order chi connectivity index (χ1) is 9.22. The Kier molecular flexibility index (Phi) is 8.62. The van der Waals surface area contributed by atoms with Crippen LogP contribution in [-0.2, 0) is 14.2 Å². The number of methoxy groups -OCH3 is 1. The molecule has 0 atom stereocenters. The standard InChI is InChI=1S/C15H31NO3/c1-14-5-7-15(8-6-14,13-16-2)19-12-11-18-10-4-9-17-3/h14,16H,4-13H2,1-3H3. The molecular formula is C15H31NO3. The van der Waals surface area contributed by atoms with Gasteiger partial charge in [0, 0.05) is 26.9 Å². The van der Waals surface area contributed by atoms with Crippen LogP contribution in [0.1, 0.15) is 39.0 Å². The molecule has 0 saturated heterocycles. The molecule has 1 saturated carbocycles. The smallest absolute Gasteiger partial charge is 0.0807 e. The third kappa shape index (κ3) is 6.70. The summed E-state index contributed by atoms with van der Waals surface area (Å²) in [6.07, 6.45) is 5.83. The molecule has 0 heterocycles. The molecule has 1 N–H and O–H groups in total. The predicted octanol–water partition coefficient (Wildman–Crippen LogP) is 2.22. The Hall–Kier alpha value is -0.160. The summed E-state index contributed by atoms with van der Waals surface area (Å²) in [5, 5.41) is 3.28. The van der Waals surface area contributed by atoms with Gasteiger partial charge in [0.15, 0.2) is 0 Å². The van der Waals surface area contributed by atoms with Gasteiger partial charge in [-0.15, -0.1) is 0 Å². The number of ether oxygens (including phenoxy) is 3. The molecule has 1 fully saturated rings. The average Bonchev–Trinajstić information content (AvgIpc) is 2.42. The van der Waals surface area contributed by atoms with Crippen molar-refractivity contribution in [2.45, 2.75) is 44.6 Å². The van der Waals surface area contributed by atoms with Crippen molar-refractivity contribution in [1.29, 1.82) is 0 Å². The van der Waals surface area contributed by atoms with Gasteiger partial charge in [-0.2, -0.15) is 0 Å². The van der Waals surface area contributed by atoms with Gasteiger partial charge in [-0.05, 0) is 45.1 Å². The van der Waals surface area contributed by atoms with E-state index in [0.29, 0.717) is 13.2 Å². The van der Waals surface area contributed by atoms with Crippen molar-refractivity contribution in [1.82, 2.24) is 5.32 Å². The minimum Gasteiger partial charge on any atom is -0.385 e. The van der Waals surface area contributed by atoms with Gasteiger partial charge in [-0.3, -0.25) is 0 Å². The minimum absolute atomic E-state index is 0.0388. The van der Waals surface area contributed by atoms with Gasteiger partial charge in [0.2, 0.25) is 0 Å². The molecule has 4 heteroatoms. The van der Waals surface area contributed by atoms with E-state index < -0.39 is 0 Å². The van der Waals surface area contributed by atoms with Gasteiger partial charge in [0.1, 0.15) is 0 Å². The van der Waals surface area contributed by atoms with Crippen LogP contribution in [-0.4, -0.2) is 52.7 Å². The lowest BCUT2D eigenvalue weighted by atomic mass is 9.79. The van der Waals surface area contributed by atoms with Gasteiger partial charge >= 0.3 is 0 Å². The topological polar surface area (TPSA) is 39.7 Å². The number of hydrogen-bond acceptors (Lipinski definition) is 4. The third-order valence-electron chi connectivity index (χ3n) is 3.96. The molecule has 19 heavy (non-hydrogen) atoms. The van der Waals surface area contributed by atoms with E-state index in [0.717, 1.165) is 32.1 Å². The molecule has 0 aromatic heterocycles. The van der Waals surface area contributed by atoms with E-state index in [1.54, 1.807) is 7.11 Å². The summed E-state index contributed by atoms with van der Waals surface area (Å²) in [4.78, 5) is 0. The Morgan fingerprint density at radius 3 is 2.47 bits per heavy atom. The van der Waals surface area contributed by atoms with Crippen LogP contribution < -0.4 is 5.32 Å². The summed E-state index contributed by atoms with van der Waals surface area (Å²) in [5.41, 5.74) is 0.0388. The van der Waals surface area contributed by atoms with Crippen molar-refractivity contribution >= 4 is 0 Å². The van der Waals surface area contributed by atoms with Gasteiger partial charge in [0.05, 0.1) is 18.8 Å². The predicted molar refractivity (Wildman–Crippen MR) is 77.6 cm³/mol. The highest BCUT2D eigenvalue weighted by Gasteiger charge is 2.34. The van der Waals surface area contributed by atoms with E-state index in [1.807, 2.05) is 7.05 Å². The van der Waals surface area contributed by atoms with Crippen molar-refractivity contribution < 1.29 is 14.2 Å². The van der Waals surface area contributed by atoms with Crippen molar-refractivity contribution in [3.05, 3.63) is 0 Å². The molecule has 0 unspecified atom stereocenters. The lowest BCUT2D eigenvalue weighted by Gasteiger charge is -2.39. The first-order valence-corrected chi connectivity index (χ1v) is 7.58. The van der Waals surface area contributed by atoms with Gasteiger partial charge in [-0.1, -0.05) is 6.92 Å². The van der Waals surface area contributed by atoms with E-state index in [-0.39, 0.29) is 5.60 Å². The molecule has 0 radical (unpaired) electrons. The highest BCUT2D eigenvalue weighted by molar-refractivity contribution is 4.88. The fraction of sp³-hybridized carbons (Fsp3) is 1.00. The van der Waals surface area contributed by atoms with Crippen LogP contribution in [0, 0.1) is 5.92 Å². The second-order valence-electron chi connectivity index (χ2n) is 5.70. The Labute approximate surface area is 118 Å². The molecule has 4 nitrogen and oxygen atoms in total. The summed E-state index contributed by atoms with van der Waals surface area (Å²) < 4.78 is 16.7. The van der Waals surface area contributed by atoms with Gasteiger partial charge in [0.25, 0.3) is 0 Å². The number of rotatable bonds is 10. The summed E-state index contributed by atoms with van der Waals surface area (Å²) in [7, 11) is 3.72. The maximum absolute atomic E-state index is 6.15. The Balaban J connectivity index is 2.15. The molecule has 0 aromatic carbocycles. The summed E-state index contributed by atoms with van der Waals surface area (Å²) in [6, 6.07) is 0. The highest BCUT2D eigenvalue weighted by atomic mass is 16.5. The quantitative estimate of drug-likeness (QED) is 0.620. The van der Waals surface area contributed by atoms with Crippen LogP contribution in [0.25, 0.3) is 0 Å². The first kappa shape index (κ1) is 16.9. The summed E-state index contributed by atoms with van der Waals surface area (Å²) in [6.45, 7) is 6.19. The van der Waals surface area contributed by atoms with Crippen LogP contribution in [0.4, 0.5) is 0 Å². The molecule has 0 spiro atoms. The van der Waals surface area contributed by atoms with E-state index in [2.05, 4.69) is 12.2 Å². The SMILES string of the molecule is CNCC1(OCCOCCCOC)CCC(C)CC1. The molecule has 0 aromatic rings. The molecule has 0 bridgehead atoms. The maximum atomic E-state index is 6.15. The van der Waals surface area contributed by atoms with Crippen molar-refractivity contribution in [3.8, 4) is 0 Å². The third-order valence-corrected chi connectivity index (χ3v) is 3.96. The number of likely N-dealkylation sites (N-methyl/N-ethyl adjacent to an activating group) is 1. The van der Waals surface area contributed by atoms with Crippen LogP contribution in [0.15, 0.2) is 0 Å². The van der Waals surface area contributed by atoms with Gasteiger partial charge < -0.3 is 19.5 Å². The second-order valence-corrected chi connectivity index (χ2v) is 5.70. The zero-order valence-electron chi connectivity index (χ0n) is 12.9. The second kappa shape index (κ2) is 9.70. The molecule has 1 rings (SSSR count). The van der Waals surface area contributed by atoms with Crippen LogP contribution >= 0.6 is 0 Å². The van der Waals surface area contributed by atoms with Crippen LogP contribution in [0.2, 0.25) is 0 Å². The van der Waals surface area contributed by atoms with E-state index >= 15 is 0 Å². The Bertz CT molecular complexity index is 215. The lowest BCUT2D eigenvalue weighted by molar-refractivity contribution is -0.0913. The summed E-state index contributed by atoms with van der Waals surface area (Å²) in [5.74, 6) is 0.846. The van der Waals surface area contributed by atoms with Crippen molar-refractivity contribution in [3.63, 3.8) is 0 Å². The molecule has 114 valence electrons. The van der Waals surface area contributed by atoms with E-state index in [9.17, 15) is 0 Å². The lowest BCUT2D eigenvalue weighted by Crippen LogP contribution is -2.45. The molecule has 0 aliphatic heterocycles. The largest absolute Gasteiger partial charge is 0.385 e. The first-order valence-electron chi connectivity index (χ1n) is 7.58. The molecule has 1 aliphatic carbocycles. The van der Waals surface area contributed by atoms with E-state index in [1.165, 1.54) is 25.7 Å². The minimum atomic E-state index is 0.0388. The molecule has 1 aliphatic rings. The monoisotopic (exact) mass is 273 g/mol. The summed E-state index contributed by atoms with van der Waals surface area (Å²) >= 11 is 0. The highest BCUT2D eigenvalue weighted by Crippen LogP contribution is 2.34. The van der Waals surface area contributed by atoms with Crippen LogP contribution in [0.3, 0.4) is 0 Å². The van der Waals surface area contributed by atoms with Crippen molar-refractivity contribution in [2.75, 3.05) is 47.1 Å². The zero-order chi connectivity index (χ0) is 14.0. The normalized spacial score (nSPS) is 27.6. The zero-order valence-corrected chi connectivity index (χ0v) is 12.9. The Morgan fingerprint density at radius 2 is 1.84 bits per heavy atom. The number of hydrogen-bond donors (Lipinski definition) is 1. The fourth-order valence-electron chi connectivity index (χ4n) is 2.71. The van der Waals surface area contributed by atoms with E-state index in [4.69, 9.17) is 14.2 Å².